The van der Waals surface area contributed by atoms with Crippen molar-refractivity contribution in [3.8, 4) is 0 Å². The van der Waals surface area contributed by atoms with E-state index in [0.717, 1.165) is 55.7 Å². The first-order valence-corrected chi connectivity index (χ1v) is 11.5. The number of benzene rings is 1. The van der Waals surface area contributed by atoms with Gasteiger partial charge in [-0.2, -0.15) is 10.7 Å². The molecule has 174 valence electrons. The summed E-state index contributed by atoms with van der Waals surface area (Å²) in [6.45, 7) is 9.05. The van der Waals surface area contributed by atoms with Gasteiger partial charge in [-0.3, -0.25) is 15.2 Å². The van der Waals surface area contributed by atoms with Crippen LogP contribution in [-0.4, -0.2) is 46.7 Å². The number of hydrazine groups is 2. The molecular weight excluding hydrogens is 404 g/mol. The Hall–Kier alpha value is -2.87. The van der Waals surface area contributed by atoms with E-state index in [2.05, 4.69) is 23.0 Å². The average molecular weight is 441 g/mol. The number of piperidine rings is 1. The van der Waals surface area contributed by atoms with Crippen LogP contribution in [0, 0.1) is 5.92 Å². The number of rotatable bonds is 8. The zero-order valence-corrected chi connectivity index (χ0v) is 19.6. The number of unbranched alkanes of at least 4 members (excludes halogenated alkanes) is 1. The van der Waals surface area contributed by atoms with Gasteiger partial charge in [-0.1, -0.05) is 31.6 Å². The summed E-state index contributed by atoms with van der Waals surface area (Å²) in [5.41, 5.74) is 7.96. The fourth-order valence-corrected chi connectivity index (χ4v) is 4.14. The normalized spacial score (nSPS) is 19.7. The van der Waals surface area contributed by atoms with Crippen LogP contribution in [0.15, 0.2) is 46.1 Å². The number of likely N-dealkylation sites (tertiary alicyclic amines) is 1. The Balaban J connectivity index is 1.78. The van der Waals surface area contributed by atoms with Crippen molar-refractivity contribution in [1.82, 2.24) is 15.9 Å². The van der Waals surface area contributed by atoms with Gasteiger partial charge in [0, 0.05) is 30.4 Å². The summed E-state index contributed by atoms with van der Waals surface area (Å²) in [7, 11) is 0. The number of amides is 1. The van der Waals surface area contributed by atoms with E-state index >= 15 is 0 Å². The first kappa shape index (κ1) is 23.8. The lowest BCUT2D eigenvalue weighted by Crippen LogP contribution is -2.43. The van der Waals surface area contributed by atoms with Crippen LogP contribution >= 0.6 is 0 Å². The zero-order chi connectivity index (χ0) is 23.1. The number of aliphatic hydroxyl groups is 1. The third kappa shape index (κ3) is 5.68. The number of aliphatic imine (C=N–C) groups is 1. The molecule has 8 heteroatoms. The van der Waals surface area contributed by atoms with Gasteiger partial charge < -0.3 is 10.0 Å². The van der Waals surface area contributed by atoms with Gasteiger partial charge in [0.1, 0.15) is 6.34 Å². The van der Waals surface area contributed by atoms with E-state index in [1.54, 1.807) is 19.0 Å². The highest BCUT2D eigenvalue weighted by Crippen LogP contribution is 2.29. The van der Waals surface area contributed by atoms with Crippen molar-refractivity contribution in [3.05, 3.63) is 41.6 Å². The number of hydrogen-bond acceptors (Lipinski definition) is 7. The average Bonchev–Trinajstić information content (AvgIpc) is 3.33. The number of para-hydroxylation sites is 1. The summed E-state index contributed by atoms with van der Waals surface area (Å²) >= 11 is 0. The van der Waals surface area contributed by atoms with Gasteiger partial charge in [0.2, 0.25) is 0 Å². The molecule has 2 heterocycles. The number of carbonyl (C=O) groups excluding carboxylic acids is 1. The summed E-state index contributed by atoms with van der Waals surface area (Å²) < 4.78 is 0. The van der Waals surface area contributed by atoms with Crippen LogP contribution in [0.25, 0.3) is 0 Å². The molecule has 1 saturated heterocycles. The molecule has 2 aliphatic rings. The number of hydrazone groups is 1. The lowest BCUT2D eigenvalue weighted by Gasteiger charge is -2.34. The molecule has 8 nitrogen and oxygen atoms in total. The van der Waals surface area contributed by atoms with E-state index in [0.29, 0.717) is 12.1 Å². The van der Waals surface area contributed by atoms with Gasteiger partial charge in [-0.15, -0.1) is 5.10 Å². The van der Waals surface area contributed by atoms with Crippen LogP contribution in [0.1, 0.15) is 70.2 Å². The van der Waals surface area contributed by atoms with Crippen LogP contribution in [0.4, 0.5) is 5.69 Å². The fraction of sp³-hybridized carbons (Fsp3) is 0.542. The number of anilines is 1. The van der Waals surface area contributed by atoms with Gasteiger partial charge >= 0.3 is 0 Å². The second-order valence-electron chi connectivity index (χ2n) is 8.86. The Labute approximate surface area is 191 Å². The van der Waals surface area contributed by atoms with E-state index in [9.17, 15) is 9.90 Å². The molecule has 1 aromatic carbocycles. The standard InChI is InChI=1S/C24H36N6O2/c1-5-7-14-22(24(3,4)32)27-20(6-2)18-11-10-15-29(16-18)23(31)19-12-8-9-13-21(19)30-26-17-25-28-30/h6,8-9,12-13,17-18,28,32H,5,7,10-11,14-16H2,1-4H3,(H,25,26)/b20-6-,27-22?. The molecule has 0 radical (unpaired) electrons. The third-order valence-electron chi connectivity index (χ3n) is 5.94. The number of nitrogens with one attached hydrogen (secondary N) is 2. The minimum Gasteiger partial charge on any atom is -0.384 e. The maximum absolute atomic E-state index is 13.5. The Morgan fingerprint density at radius 1 is 1.38 bits per heavy atom. The molecule has 0 spiro atoms. The maximum atomic E-state index is 13.5. The van der Waals surface area contributed by atoms with E-state index in [4.69, 9.17) is 4.99 Å². The zero-order valence-electron chi connectivity index (χ0n) is 19.6. The molecule has 3 N–H and O–H groups in total. The number of hydrogen-bond donors (Lipinski definition) is 3. The third-order valence-corrected chi connectivity index (χ3v) is 5.94. The van der Waals surface area contributed by atoms with Crippen LogP contribution < -0.4 is 16.1 Å². The van der Waals surface area contributed by atoms with Crippen molar-refractivity contribution in [2.24, 2.45) is 16.0 Å². The van der Waals surface area contributed by atoms with Gasteiger partial charge in [-0.05, 0) is 58.6 Å². The molecular formula is C24H36N6O2. The first-order valence-electron chi connectivity index (χ1n) is 11.5. The molecule has 1 fully saturated rings. The lowest BCUT2D eigenvalue weighted by molar-refractivity contribution is 0.0690. The van der Waals surface area contributed by atoms with Gasteiger partial charge in [-0.25, -0.2) is 0 Å². The van der Waals surface area contributed by atoms with Crippen molar-refractivity contribution in [2.75, 3.05) is 18.2 Å². The Morgan fingerprint density at radius 2 is 2.16 bits per heavy atom. The van der Waals surface area contributed by atoms with Crippen LogP contribution in [0.3, 0.4) is 0 Å². The van der Waals surface area contributed by atoms with E-state index in [1.165, 1.54) is 6.34 Å². The van der Waals surface area contributed by atoms with E-state index in [-0.39, 0.29) is 11.8 Å². The largest absolute Gasteiger partial charge is 0.384 e. The van der Waals surface area contributed by atoms with E-state index < -0.39 is 5.60 Å². The minimum absolute atomic E-state index is 0.00562. The smallest absolute Gasteiger partial charge is 0.256 e. The Bertz CT molecular complexity index is 879. The van der Waals surface area contributed by atoms with Crippen molar-refractivity contribution >= 4 is 23.6 Å². The first-order chi connectivity index (χ1) is 15.3. The molecule has 1 unspecified atom stereocenters. The molecule has 32 heavy (non-hydrogen) atoms. The number of carbonyl (C=O) groups is 1. The molecule has 1 atom stereocenters. The SMILES string of the molecule is C/C=C(\N=C(CCCC)C(C)(C)O)C1CCCN(C(=O)c2ccccc2N2NC=NN2)C1. The minimum atomic E-state index is -0.954. The predicted molar refractivity (Wildman–Crippen MR) is 129 cm³/mol. The topological polar surface area (TPSA) is 92.6 Å². The molecule has 0 aliphatic carbocycles. The Kier molecular flexibility index (Phi) is 7.90. The van der Waals surface area contributed by atoms with Gasteiger partial charge in [0.15, 0.2) is 0 Å². The summed E-state index contributed by atoms with van der Waals surface area (Å²) in [5.74, 6) is 0.143. The molecule has 0 aromatic heterocycles. The maximum Gasteiger partial charge on any atom is 0.256 e. The second-order valence-corrected chi connectivity index (χ2v) is 8.86. The van der Waals surface area contributed by atoms with E-state index in [1.807, 2.05) is 42.2 Å². The molecule has 3 rings (SSSR count). The highest BCUT2D eigenvalue weighted by molar-refractivity contribution is 6.00. The van der Waals surface area contributed by atoms with Gasteiger partial charge in [0.25, 0.3) is 5.91 Å². The van der Waals surface area contributed by atoms with Gasteiger partial charge in [0.05, 0.1) is 16.9 Å². The predicted octanol–water partition coefficient (Wildman–Crippen LogP) is 3.62. The van der Waals surface area contributed by atoms with Crippen molar-refractivity contribution in [1.29, 1.82) is 0 Å². The number of nitrogens with zero attached hydrogens (tertiary/aromatic N) is 4. The summed E-state index contributed by atoms with van der Waals surface area (Å²) in [5, 5.41) is 16.2. The quantitative estimate of drug-likeness (QED) is 0.537. The monoisotopic (exact) mass is 440 g/mol. The van der Waals surface area contributed by atoms with Crippen molar-refractivity contribution in [3.63, 3.8) is 0 Å². The summed E-state index contributed by atoms with van der Waals surface area (Å²) in [4.78, 5) is 20.3. The summed E-state index contributed by atoms with van der Waals surface area (Å²) in [6, 6.07) is 7.50. The van der Waals surface area contributed by atoms with Crippen LogP contribution in [-0.2, 0) is 0 Å². The van der Waals surface area contributed by atoms with Crippen LogP contribution in [0.2, 0.25) is 0 Å². The molecule has 0 bridgehead atoms. The fourth-order valence-electron chi connectivity index (χ4n) is 4.14. The highest BCUT2D eigenvalue weighted by atomic mass is 16.3. The number of allylic oxidation sites excluding steroid dienone is 1. The van der Waals surface area contributed by atoms with Crippen molar-refractivity contribution in [2.45, 2.75) is 65.4 Å². The Morgan fingerprint density at radius 3 is 2.81 bits per heavy atom. The summed E-state index contributed by atoms with van der Waals surface area (Å²) in [6.07, 6.45) is 8.28. The van der Waals surface area contributed by atoms with Crippen molar-refractivity contribution < 1.29 is 9.90 Å². The highest BCUT2D eigenvalue weighted by Gasteiger charge is 2.30. The molecule has 2 aliphatic heterocycles. The molecule has 1 aromatic rings. The second kappa shape index (κ2) is 10.6. The lowest BCUT2D eigenvalue weighted by atomic mass is 9.92. The van der Waals surface area contributed by atoms with Crippen LogP contribution in [0.5, 0.6) is 0 Å². The molecule has 1 amide bonds. The molecule has 0 saturated carbocycles.